The standard InChI is InChI=1S/C8H14O.H3N/c1-3-5-6-7-8(9)4-2;/h4H,2-3,5-7H2,1H3;1H3. The molecule has 0 spiro atoms. The molecule has 0 aliphatic carbocycles. The Hall–Kier alpha value is -0.630. The molecule has 10 heavy (non-hydrogen) atoms. The highest BCUT2D eigenvalue weighted by molar-refractivity contribution is 5.88. The summed E-state index contributed by atoms with van der Waals surface area (Å²) in [6.45, 7) is 5.51. The molecule has 0 atom stereocenters. The van der Waals surface area contributed by atoms with E-state index < -0.39 is 0 Å². The van der Waals surface area contributed by atoms with Crippen molar-refractivity contribution in [3.05, 3.63) is 12.7 Å². The van der Waals surface area contributed by atoms with Gasteiger partial charge in [0.15, 0.2) is 5.78 Å². The number of carbonyl (C=O) groups is 1. The molecule has 0 aromatic rings. The second-order valence-electron chi connectivity index (χ2n) is 2.13. The van der Waals surface area contributed by atoms with Crippen LogP contribution >= 0.6 is 0 Å². The zero-order chi connectivity index (χ0) is 7.11. The number of ketones is 1. The van der Waals surface area contributed by atoms with Crippen molar-refractivity contribution in [3.8, 4) is 0 Å². The fourth-order valence-electron chi connectivity index (χ4n) is 0.651. The van der Waals surface area contributed by atoms with Crippen molar-refractivity contribution in [3.63, 3.8) is 0 Å². The molecule has 0 aromatic carbocycles. The second kappa shape index (κ2) is 8.37. The number of unbranched alkanes of at least 4 members (excludes halogenated alkanes) is 2. The molecular formula is C8H17NO. The summed E-state index contributed by atoms with van der Waals surface area (Å²) in [4.78, 5) is 10.6. The van der Waals surface area contributed by atoms with E-state index in [1.54, 1.807) is 0 Å². The number of hydrogen-bond donors (Lipinski definition) is 1. The monoisotopic (exact) mass is 143 g/mol. The van der Waals surface area contributed by atoms with E-state index in [2.05, 4.69) is 13.5 Å². The molecule has 0 aromatic heterocycles. The van der Waals surface area contributed by atoms with Crippen molar-refractivity contribution in [2.75, 3.05) is 0 Å². The van der Waals surface area contributed by atoms with Crippen LogP contribution in [0, 0.1) is 0 Å². The molecule has 2 nitrogen and oxygen atoms in total. The summed E-state index contributed by atoms with van der Waals surface area (Å²) >= 11 is 0. The van der Waals surface area contributed by atoms with Gasteiger partial charge < -0.3 is 6.15 Å². The minimum atomic E-state index is 0. The molecule has 0 aliphatic heterocycles. The van der Waals surface area contributed by atoms with Crippen LogP contribution in [-0.4, -0.2) is 5.78 Å². The van der Waals surface area contributed by atoms with Crippen LogP contribution in [-0.2, 0) is 4.79 Å². The summed E-state index contributed by atoms with van der Waals surface area (Å²) < 4.78 is 0. The van der Waals surface area contributed by atoms with E-state index in [1.807, 2.05) is 0 Å². The van der Waals surface area contributed by atoms with Crippen LogP contribution in [0.2, 0.25) is 0 Å². The first-order chi connectivity index (χ1) is 4.31. The van der Waals surface area contributed by atoms with Crippen molar-refractivity contribution in [2.45, 2.75) is 32.6 Å². The van der Waals surface area contributed by atoms with Gasteiger partial charge in [0.1, 0.15) is 0 Å². The number of allylic oxidation sites excluding steroid dienone is 1. The average molecular weight is 143 g/mol. The lowest BCUT2D eigenvalue weighted by Crippen LogP contribution is -1.90. The van der Waals surface area contributed by atoms with Crippen LogP contribution in [0.4, 0.5) is 0 Å². The van der Waals surface area contributed by atoms with E-state index in [-0.39, 0.29) is 11.9 Å². The van der Waals surface area contributed by atoms with Crippen molar-refractivity contribution < 1.29 is 4.79 Å². The van der Waals surface area contributed by atoms with Crippen molar-refractivity contribution in [1.82, 2.24) is 6.15 Å². The Labute approximate surface area is 62.9 Å². The van der Waals surface area contributed by atoms with Crippen molar-refractivity contribution in [2.24, 2.45) is 0 Å². The first-order valence-electron chi connectivity index (χ1n) is 3.46. The number of hydrogen-bond acceptors (Lipinski definition) is 2. The highest BCUT2D eigenvalue weighted by atomic mass is 16.1. The third-order valence-corrected chi connectivity index (χ3v) is 1.25. The highest BCUT2D eigenvalue weighted by Gasteiger charge is 1.92. The van der Waals surface area contributed by atoms with Crippen LogP contribution in [0.1, 0.15) is 32.6 Å². The highest BCUT2D eigenvalue weighted by Crippen LogP contribution is 1.99. The van der Waals surface area contributed by atoms with E-state index >= 15 is 0 Å². The molecule has 0 bridgehead atoms. The van der Waals surface area contributed by atoms with E-state index in [1.165, 1.54) is 12.5 Å². The first-order valence-corrected chi connectivity index (χ1v) is 3.46. The normalized spacial score (nSPS) is 8.10. The Morgan fingerprint density at radius 3 is 2.50 bits per heavy atom. The van der Waals surface area contributed by atoms with Gasteiger partial charge in [-0.3, -0.25) is 4.79 Å². The Kier molecular flexibility index (Phi) is 10.1. The SMILES string of the molecule is C=CC(=O)CCCCC.N. The van der Waals surface area contributed by atoms with Crippen LogP contribution in [0.25, 0.3) is 0 Å². The fourth-order valence-corrected chi connectivity index (χ4v) is 0.651. The topological polar surface area (TPSA) is 52.1 Å². The Morgan fingerprint density at radius 1 is 1.50 bits per heavy atom. The molecule has 0 saturated heterocycles. The van der Waals surface area contributed by atoms with Gasteiger partial charge in [-0.25, -0.2) is 0 Å². The van der Waals surface area contributed by atoms with Crippen molar-refractivity contribution >= 4 is 5.78 Å². The summed E-state index contributed by atoms with van der Waals surface area (Å²) in [5.74, 6) is 0.170. The molecule has 0 heterocycles. The lowest BCUT2D eigenvalue weighted by Gasteiger charge is -1.91. The lowest BCUT2D eigenvalue weighted by atomic mass is 10.1. The quantitative estimate of drug-likeness (QED) is 0.475. The molecule has 0 rings (SSSR count). The predicted octanol–water partition coefficient (Wildman–Crippen LogP) is 2.48. The molecule has 2 heteroatoms. The van der Waals surface area contributed by atoms with Crippen LogP contribution in [0.5, 0.6) is 0 Å². The molecule has 0 unspecified atom stereocenters. The molecule has 0 saturated carbocycles. The zero-order valence-corrected chi connectivity index (χ0v) is 6.73. The summed E-state index contributed by atoms with van der Waals surface area (Å²) in [7, 11) is 0. The molecule has 0 fully saturated rings. The second-order valence-corrected chi connectivity index (χ2v) is 2.13. The predicted molar refractivity (Wildman–Crippen MR) is 44.4 cm³/mol. The molecular weight excluding hydrogens is 126 g/mol. The van der Waals surface area contributed by atoms with E-state index in [9.17, 15) is 4.79 Å². The Bertz CT molecular complexity index is 99.4. The third-order valence-electron chi connectivity index (χ3n) is 1.25. The summed E-state index contributed by atoms with van der Waals surface area (Å²) in [5, 5.41) is 0. The average Bonchev–Trinajstić information content (AvgIpc) is 1.89. The van der Waals surface area contributed by atoms with Gasteiger partial charge in [-0.1, -0.05) is 26.3 Å². The Balaban J connectivity index is 0. The van der Waals surface area contributed by atoms with Crippen LogP contribution in [0.3, 0.4) is 0 Å². The van der Waals surface area contributed by atoms with Gasteiger partial charge >= 0.3 is 0 Å². The number of rotatable bonds is 5. The smallest absolute Gasteiger partial charge is 0.155 e. The lowest BCUT2D eigenvalue weighted by molar-refractivity contribution is -0.114. The summed E-state index contributed by atoms with van der Waals surface area (Å²) in [6.07, 6.45) is 5.42. The van der Waals surface area contributed by atoms with Gasteiger partial charge in [0, 0.05) is 6.42 Å². The van der Waals surface area contributed by atoms with E-state index in [0.717, 1.165) is 12.8 Å². The van der Waals surface area contributed by atoms with Crippen molar-refractivity contribution in [1.29, 1.82) is 0 Å². The minimum absolute atomic E-state index is 0. The summed E-state index contributed by atoms with van der Waals surface area (Å²) in [6, 6.07) is 0. The largest absolute Gasteiger partial charge is 0.344 e. The van der Waals surface area contributed by atoms with Gasteiger partial charge in [-0.2, -0.15) is 0 Å². The van der Waals surface area contributed by atoms with Gasteiger partial charge in [0.2, 0.25) is 0 Å². The maximum atomic E-state index is 10.6. The molecule has 0 radical (unpaired) electrons. The fraction of sp³-hybridized carbons (Fsp3) is 0.625. The molecule has 60 valence electrons. The summed E-state index contributed by atoms with van der Waals surface area (Å²) in [5.41, 5.74) is 0. The maximum Gasteiger partial charge on any atom is 0.155 e. The third kappa shape index (κ3) is 7.37. The number of carbonyl (C=O) groups excluding carboxylic acids is 1. The Morgan fingerprint density at radius 2 is 2.10 bits per heavy atom. The minimum Gasteiger partial charge on any atom is -0.344 e. The maximum absolute atomic E-state index is 10.6. The van der Waals surface area contributed by atoms with Gasteiger partial charge in [0.05, 0.1) is 0 Å². The van der Waals surface area contributed by atoms with Crippen LogP contribution in [0.15, 0.2) is 12.7 Å². The first kappa shape index (κ1) is 12.1. The van der Waals surface area contributed by atoms with Gasteiger partial charge in [-0.05, 0) is 12.5 Å². The van der Waals surface area contributed by atoms with Crippen LogP contribution < -0.4 is 6.15 Å². The van der Waals surface area contributed by atoms with Gasteiger partial charge in [-0.15, -0.1) is 0 Å². The zero-order valence-electron chi connectivity index (χ0n) is 6.73. The molecule has 0 aliphatic rings. The molecule has 3 N–H and O–H groups in total. The molecule has 0 amide bonds. The van der Waals surface area contributed by atoms with E-state index in [4.69, 9.17) is 0 Å². The van der Waals surface area contributed by atoms with Gasteiger partial charge in [0.25, 0.3) is 0 Å². The van der Waals surface area contributed by atoms with E-state index in [0.29, 0.717) is 6.42 Å².